The largest absolute Gasteiger partial charge is 0.493 e. The van der Waals surface area contributed by atoms with Crippen molar-refractivity contribution in [2.24, 2.45) is 0 Å². The molecule has 1 heterocycles. The normalized spacial score (nSPS) is 11.3. The smallest absolute Gasteiger partial charge is 0.149 e. The van der Waals surface area contributed by atoms with E-state index in [0.717, 1.165) is 28.8 Å². The molecule has 0 saturated carbocycles. The molecule has 0 aliphatic rings. The summed E-state index contributed by atoms with van der Waals surface area (Å²) < 4.78 is 5.88. The number of ether oxygens (including phenoxy) is 1. The Morgan fingerprint density at radius 2 is 1.82 bits per heavy atom. The third-order valence-electron chi connectivity index (χ3n) is 4.44. The van der Waals surface area contributed by atoms with Gasteiger partial charge in [0.15, 0.2) is 0 Å². The molecule has 0 bridgehead atoms. The summed E-state index contributed by atoms with van der Waals surface area (Å²) in [6.45, 7) is 0.603. The zero-order chi connectivity index (χ0) is 19.2. The number of aromatic amines is 1. The molecule has 0 unspecified atom stereocenters. The molecule has 0 aliphatic heterocycles. The van der Waals surface area contributed by atoms with Crippen molar-refractivity contribution in [3.05, 3.63) is 95.8 Å². The third-order valence-corrected chi connectivity index (χ3v) is 4.44. The maximum absolute atomic E-state index is 9.59. The average molecular weight is 365 g/mol. The van der Waals surface area contributed by atoms with Crippen LogP contribution in [-0.4, -0.2) is 16.6 Å². The number of H-pyrrole nitrogens is 1. The van der Waals surface area contributed by atoms with Crippen LogP contribution < -0.4 is 4.74 Å². The minimum atomic E-state index is 0.484. The Labute approximate surface area is 163 Å². The summed E-state index contributed by atoms with van der Waals surface area (Å²) in [6.07, 6.45) is 2.67. The second kappa shape index (κ2) is 8.24. The quantitative estimate of drug-likeness (QED) is 0.475. The molecule has 0 amide bonds. The molecule has 0 saturated heterocycles. The summed E-state index contributed by atoms with van der Waals surface area (Å²) >= 11 is 0. The summed E-state index contributed by atoms with van der Waals surface area (Å²) in [5.74, 6) is 1.35. The van der Waals surface area contributed by atoms with Crippen LogP contribution in [0.4, 0.5) is 0 Å². The lowest BCUT2D eigenvalue weighted by Gasteiger charge is -2.07. The SMILES string of the molecule is N#C/C(=C/c1cccc(OCCc2ccccc2)c1)c1nc2ccccc2[nH]1. The van der Waals surface area contributed by atoms with Gasteiger partial charge in [-0.2, -0.15) is 5.26 Å². The van der Waals surface area contributed by atoms with Gasteiger partial charge in [-0.05, 0) is 41.5 Å². The number of nitriles is 1. The first-order valence-electron chi connectivity index (χ1n) is 9.15. The topological polar surface area (TPSA) is 61.7 Å². The van der Waals surface area contributed by atoms with Crippen molar-refractivity contribution in [3.63, 3.8) is 0 Å². The predicted octanol–water partition coefficient (Wildman–Crippen LogP) is 5.25. The molecule has 4 heteroatoms. The molecule has 28 heavy (non-hydrogen) atoms. The molecule has 3 aromatic carbocycles. The molecule has 136 valence electrons. The number of aromatic nitrogens is 2. The Kier molecular flexibility index (Phi) is 5.17. The van der Waals surface area contributed by atoms with Gasteiger partial charge in [0.2, 0.25) is 0 Å². The molecule has 0 fully saturated rings. The molecular weight excluding hydrogens is 346 g/mol. The number of fused-ring (bicyclic) bond motifs is 1. The Morgan fingerprint density at radius 3 is 2.64 bits per heavy atom. The van der Waals surface area contributed by atoms with Gasteiger partial charge < -0.3 is 9.72 Å². The second-order valence-corrected chi connectivity index (χ2v) is 6.43. The molecule has 0 spiro atoms. The van der Waals surface area contributed by atoms with Gasteiger partial charge in [0, 0.05) is 6.42 Å². The van der Waals surface area contributed by atoms with E-state index in [0.29, 0.717) is 18.0 Å². The van der Waals surface area contributed by atoms with Gasteiger partial charge in [-0.1, -0.05) is 54.6 Å². The van der Waals surface area contributed by atoms with Crippen LogP contribution in [-0.2, 0) is 6.42 Å². The number of nitrogens with one attached hydrogen (secondary N) is 1. The molecule has 4 aromatic rings. The molecule has 0 aliphatic carbocycles. The third kappa shape index (κ3) is 4.11. The average Bonchev–Trinajstić information content (AvgIpc) is 3.17. The molecule has 4 nitrogen and oxygen atoms in total. The summed E-state index contributed by atoms with van der Waals surface area (Å²) in [5.41, 5.74) is 4.38. The summed E-state index contributed by atoms with van der Waals surface area (Å²) in [4.78, 5) is 7.71. The number of allylic oxidation sites excluding steroid dienone is 1. The van der Waals surface area contributed by atoms with Crippen LogP contribution in [0.3, 0.4) is 0 Å². The summed E-state index contributed by atoms with van der Waals surface area (Å²) in [7, 11) is 0. The van der Waals surface area contributed by atoms with Crippen molar-refractivity contribution in [1.82, 2.24) is 9.97 Å². The molecule has 1 aromatic heterocycles. The highest BCUT2D eigenvalue weighted by atomic mass is 16.5. The van der Waals surface area contributed by atoms with Gasteiger partial charge in [-0.15, -0.1) is 0 Å². The van der Waals surface area contributed by atoms with Crippen LogP contribution in [0.1, 0.15) is 17.0 Å². The molecule has 0 radical (unpaired) electrons. The number of hydrogen-bond acceptors (Lipinski definition) is 3. The Balaban J connectivity index is 1.50. The monoisotopic (exact) mass is 365 g/mol. The standard InChI is InChI=1S/C24H19N3O/c25-17-20(24-26-22-11-4-5-12-23(22)27-24)15-19-9-6-10-21(16-19)28-14-13-18-7-2-1-3-8-18/h1-12,15-16H,13-14H2,(H,26,27)/b20-15-. The highest BCUT2D eigenvalue weighted by Crippen LogP contribution is 2.21. The van der Waals surface area contributed by atoms with E-state index >= 15 is 0 Å². The minimum Gasteiger partial charge on any atom is -0.493 e. The van der Waals surface area contributed by atoms with E-state index in [-0.39, 0.29) is 0 Å². The highest BCUT2D eigenvalue weighted by molar-refractivity contribution is 5.90. The zero-order valence-electron chi connectivity index (χ0n) is 15.3. The lowest BCUT2D eigenvalue weighted by molar-refractivity contribution is 0.322. The highest BCUT2D eigenvalue weighted by Gasteiger charge is 2.08. The number of benzene rings is 3. The van der Waals surface area contributed by atoms with Gasteiger partial charge in [0.05, 0.1) is 23.2 Å². The van der Waals surface area contributed by atoms with Gasteiger partial charge in [-0.3, -0.25) is 0 Å². The van der Waals surface area contributed by atoms with Crippen molar-refractivity contribution in [3.8, 4) is 11.8 Å². The van der Waals surface area contributed by atoms with Gasteiger partial charge in [0.25, 0.3) is 0 Å². The van der Waals surface area contributed by atoms with Gasteiger partial charge in [-0.25, -0.2) is 4.98 Å². The van der Waals surface area contributed by atoms with Gasteiger partial charge in [0.1, 0.15) is 17.6 Å². The molecular formula is C24H19N3O. The van der Waals surface area contributed by atoms with Crippen LogP contribution in [0, 0.1) is 11.3 Å². The van der Waals surface area contributed by atoms with Gasteiger partial charge >= 0.3 is 0 Å². The summed E-state index contributed by atoms with van der Waals surface area (Å²) in [6, 6.07) is 28.0. The molecule has 0 atom stereocenters. The van der Waals surface area contributed by atoms with E-state index in [4.69, 9.17) is 4.74 Å². The van der Waals surface area contributed by atoms with Crippen LogP contribution in [0.15, 0.2) is 78.9 Å². The number of hydrogen-bond donors (Lipinski definition) is 1. The van der Waals surface area contributed by atoms with Crippen LogP contribution >= 0.6 is 0 Å². The van der Waals surface area contributed by atoms with Crippen LogP contribution in [0.5, 0.6) is 5.75 Å². The first kappa shape index (κ1) is 17.6. The van der Waals surface area contributed by atoms with Crippen LogP contribution in [0.2, 0.25) is 0 Å². The maximum Gasteiger partial charge on any atom is 0.149 e. The van der Waals surface area contributed by atoms with Crippen LogP contribution in [0.25, 0.3) is 22.7 Å². The van der Waals surface area contributed by atoms with Crippen molar-refractivity contribution in [2.75, 3.05) is 6.61 Å². The minimum absolute atomic E-state index is 0.484. The van der Waals surface area contributed by atoms with E-state index in [1.165, 1.54) is 5.56 Å². The number of rotatable bonds is 6. The predicted molar refractivity (Wildman–Crippen MR) is 112 cm³/mol. The zero-order valence-corrected chi connectivity index (χ0v) is 15.3. The van der Waals surface area contributed by atoms with Crippen molar-refractivity contribution < 1.29 is 4.74 Å². The first-order chi connectivity index (χ1) is 13.8. The maximum atomic E-state index is 9.59. The lowest BCUT2D eigenvalue weighted by Crippen LogP contribution is -2.01. The van der Waals surface area contributed by atoms with E-state index in [1.807, 2.05) is 72.8 Å². The van der Waals surface area contributed by atoms with Crippen molar-refractivity contribution in [1.29, 1.82) is 5.26 Å². The Morgan fingerprint density at radius 1 is 1.00 bits per heavy atom. The van der Waals surface area contributed by atoms with E-state index in [9.17, 15) is 5.26 Å². The Bertz CT molecular complexity index is 1120. The fourth-order valence-electron chi connectivity index (χ4n) is 3.03. The molecule has 4 rings (SSSR count). The van der Waals surface area contributed by atoms with Crippen molar-refractivity contribution in [2.45, 2.75) is 6.42 Å². The lowest BCUT2D eigenvalue weighted by atomic mass is 10.1. The van der Waals surface area contributed by atoms with E-state index in [2.05, 4.69) is 28.2 Å². The fourth-order valence-corrected chi connectivity index (χ4v) is 3.03. The Hall–Kier alpha value is -3.84. The number of para-hydroxylation sites is 2. The van der Waals surface area contributed by atoms with Crippen molar-refractivity contribution >= 4 is 22.7 Å². The van der Waals surface area contributed by atoms with E-state index in [1.54, 1.807) is 0 Å². The molecule has 1 N–H and O–H groups in total. The number of imidazole rings is 1. The number of nitrogens with zero attached hydrogens (tertiary/aromatic N) is 2. The fraction of sp³-hybridized carbons (Fsp3) is 0.0833. The first-order valence-corrected chi connectivity index (χ1v) is 9.15. The summed E-state index contributed by atoms with van der Waals surface area (Å²) in [5, 5.41) is 9.59. The second-order valence-electron chi connectivity index (χ2n) is 6.43. The van der Waals surface area contributed by atoms with E-state index < -0.39 is 0 Å².